The summed E-state index contributed by atoms with van der Waals surface area (Å²) >= 11 is 12.0. The minimum atomic E-state index is -0.561. The highest BCUT2D eigenvalue weighted by Gasteiger charge is 2.15. The van der Waals surface area contributed by atoms with Gasteiger partial charge < -0.3 is 9.47 Å². The molecule has 4 nitrogen and oxygen atoms in total. The lowest BCUT2D eigenvalue weighted by atomic mass is 10.1. The smallest absolute Gasteiger partial charge is 0.323 e. The second-order valence-electron chi connectivity index (χ2n) is 4.69. The number of halogens is 2. The van der Waals surface area contributed by atoms with Crippen LogP contribution >= 0.6 is 23.2 Å². The van der Waals surface area contributed by atoms with Gasteiger partial charge in [-0.05, 0) is 25.7 Å². The summed E-state index contributed by atoms with van der Waals surface area (Å²) in [6, 6.07) is 0. The molecule has 0 rings (SSSR count). The maximum atomic E-state index is 11.1. The molecule has 0 amide bonds. The van der Waals surface area contributed by atoms with Crippen LogP contribution in [-0.4, -0.2) is 36.9 Å². The Morgan fingerprint density at radius 2 is 1.45 bits per heavy atom. The molecule has 0 bridgehead atoms. The molecule has 0 aromatic rings. The summed E-state index contributed by atoms with van der Waals surface area (Å²) in [6.45, 7) is 0. The predicted molar refractivity (Wildman–Crippen MR) is 80.3 cm³/mol. The van der Waals surface area contributed by atoms with E-state index >= 15 is 0 Å². The van der Waals surface area contributed by atoms with Crippen molar-refractivity contribution in [3.05, 3.63) is 0 Å². The van der Waals surface area contributed by atoms with Crippen LogP contribution in [0.15, 0.2) is 0 Å². The number of hydrogen-bond donors (Lipinski definition) is 0. The van der Waals surface area contributed by atoms with Crippen LogP contribution in [0, 0.1) is 0 Å². The summed E-state index contributed by atoms with van der Waals surface area (Å²) in [4.78, 5) is 22.0. The van der Waals surface area contributed by atoms with Gasteiger partial charge in [0.05, 0.1) is 14.2 Å². The SMILES string of the molecule is COC(=O)CCCCC(Cl)CCCCC(Cl)C(=O)OC. The highest BCUT2D eigenvalue weighted by molar-refractivity contribution is 6.29. The van der Waals surface area contributed by atoms with E-state index < -0.39 is 5.38 Å². The third-order valence-corrected chi connectivity index (χ3v) is 3.89. The Kier molecular flexibility index (Phi) is 12.0. The molecular weight excluding hydrogens is 303 g/mol. The van der Waals surface area contributed by atoms with Crippen LogP contribution in [0.5, 0.6) is 0 Å². The number of ether oxygens (including phenoxy) is 2. The molecular formula is C14H24Cl2O4. The van der Waals surface area contributed by atoms with Crippen molar-refractivity contribution in [3.8, 4) is 0 Å². The van der Waals surface area contributed by atoms with Crippen molar-refractivity contribution in [1.29, 1.82) is 0 Å². The topological polar surface area (TPSA) is 52.6 Å². The van der Waals surface area contributed by atoms with Gasteiger partial charge in [0.1, 0.15) is 5.38 Å². The quantitative estimate of drug-likeness (QED) is 0.330. The van der Waals surface area contributed by atoms with Gasteiger partial charge in [-0.1, -0.05) is 19.3 Å². The van der Waals surface area contributed by atoms with E-state index in [1.54, 1.807) is 0 Å². The molecule has 0 saturated carbocycles. The fourth-order valence-corrected chi connectivity index (χ4v) is 2.37. The van der Waals surface area contributed by atoms with Gasteiger partial charge >= 0.3 is 11.9 Å². The standard InChI is InChI=1S/C14H24Cl2O4/c1-19-13(17)10-6-4-8-11(15)7-3-5-9-12(16)14(18)20-2/h11-12H,3-10H2,1-2H3. The van der Waals surface area contributed by atoms with Gasteiger partial charge in [-0.15, -0.1) is 23.2 Å². The molecule has 0 aliphatic rings. The maximum Gasteiger partial charge on any atom is 0.323 e. The number of hydrogen-bond acceptors (Lipinski definition) is 4. The minimum absolute atomic E-state index is 0.111. The van der Waals surface area contributed by atoms with Crippen LogP contribution in [-0.2, 0) is 19.1 Å². The number of unbranched alkanes of at least 4 members (excludes halogenated alkanes) is 2. The number of methoxy groups -OCH3 is 2. The van der Waals surface area contributed by atoms with E-state index in [1.807, 2.05) is 0 Å². The van der Waals surface area contributed by atoms with Crippen LogP contribution in [0.1, 0.15) is 51.4 Å². The van der Waals surface area contributed by atoms with Gasteiger partial charge in [0.25, 0.3) is 0 Å². The van der Waals surface area contributed by atoms with Crippen molar-refractivity contribution >= 4 is 35.1 Å². The zero-order valence-corrected chi connectivity index (χ0v) is 13.7. The van der Waals surface area contributed by atoms with E-state index in [2.05, 4.69) is 9.47 Å². The summed E-state index contributed by atoms with van der Waals surface area (Å²) in [5.74, 6) is -0.552. The van der Waals surface area contributed by atoms with Crippen LogP contribution in [0.25, 0.3) is 0 Å². The number of carbonyl (C=O) groups is 2. The fraction of sp³-hybridized carbons (Fsp3) is 0.857. The van der Waals surface area contributed by atoms with Crippen LogP contribution < -0.4 is 0 Å². The van der Waals surface area contributed by atoms with Crippen molar-refractivity contribution in [2.75, 3.05) is 14.2 Å². The molecule has 118 valence electrons. The minimum Gasteiger partial charge on any atom is -0.469 e. The summed E-state index contributed by atoms with van der Waals surface area (Å²) in [7, 11) is 2.73. The Bertz CT molecular complexity index is 284. The molecule has 2 unspecified atom stereocenters. The summed E-state index contributed by atoms with van der Waals surface area (Å²) in [5, 5.41) is -0.451. The van der Waals surface area contributed by atoms with Crippen molar-refractivity contribution < 1.29 is 19.1 Å². The third kappa shape index (κ3) is 10.3. The number of rotatable bonds is 11. The lowest BCUT2D eigenvalue weighted by Gasteiger charge is -2.10. The van der Waals surface area contributed by atoms with Crippen LogP contribution in [0.4, 0.5) is 0 Å². The van der Waals surface area contributed by atoms with E-state index in [1.165, 1.54) is 14.2 Å². The molecule has 0 spiro atoms. The van der Waals surface area contributed by atoms with E-state index in [-0.39, 0.29) is 17.3 Å². The maximum absolute atomic E-state index is 11.1. The molecule has 0 N–H and O–H groups in total. The Labute approximate surface area is 131 Å². The first-order valence-corrected chi connectivity index (χ1v) is 7.81. The Morgan fingerprint density at radius 3 is 2.00 bits per heavy atom. The monoisotopic (exact) mass is 326 g/mol. The molecule has 0 aliphatic carbocycles. The fourth-order valence-electron chi connectivity index (χ4n) is 1.82. The summed E-state index contributed by atoms with van der Waals surface area (Å²) in [6.07, 6.45) is 6.36. The average Bonchev–Trinajstić information content (AvgIpc) is 2.46. The first-order valence-electron chi connectivity index (χ1n) is 6.94. The van der Waals surface area contributed by atoms with Gasteiger partial charge in [0, 0.05) is 11.8 Å². The number of alkyl halides is 2. The zero-order chi connectivity index (χ0) is 15.4. The Hall–Kier alpha value is -0.480. The lowest BCUT2D eigenvalue weighted by Crippen LogP contribution is -2.15. The summed E-state index contributed by atoms with van der Waals surface area (Å²) < 4.78 is 9.11. The van der Waals surface area contributed by atoms with Crippen LogP contribution in [0.3, 0.4) is 0 Å². The van der Waals surface area contributed by atoms with Crippen molar-refractivity contribution in [2.45, 2.75) is 62.1 Å². The van der Waals surface area contributed by atoms with Gasteiger partial charge in [-0.3, -0.25) is 9.59 Å². The largest absolute Gasteiger partial charge is 0.469 e. The van der Waals surface area contributed by atoms with E-state index in [9.17, 15) is 9.59 Å². The number of carbonyl (C=O) groups excluding carboxylic acids is 2. The Balaban J connectivity index is 3.47. The molecule has 2 atom stereocenters. The second kappa shape index (κ2) is 12.3. The predicted octanol–water partition coefficient (Wildman–Crippen LogP) is 3.67. The molecule has 6 heteroatoms. The molecule has 20 heavy (non-hydrogen) atoms. The molecule has 0 radical (unpaired) electrons. The number of esters is 2. The molecule has 0 aromatic carbocycles. The van der Waals surface area contributed by atoms with Crippen molar-refractivity contribution in [1.82, 2.24) is 0 Å². The third-order valence-electron chi connectivity index (χ3n) is 3.06. The van der Waals surface area contributed by atoms with Gasteiger partial charge in [0.15, 0.2) is 0 Å². The summed E-state index contributed by atoms with van der Waals surface area (Å²) in [5.41, 5.74) is 0. The van der Waals surface area contributed by atoms with Gasteiger partial charge in [0.2, 0.25) is 0 Å². The first kappa shape index (κ1) is 19.5. The highest BCUT2D eigenvalue weighted by Crippen LogP contribution is 2.18. The molecule has 0 aromatic heterocycles. The van der Waals surface area contributed by atoms with Crippen LogP contribution in [0.2, 0.25) is 0 Å². The highest BCUT2D eigenvalue weighted by atomic mass is 35.5. The molecule has 0 fully saturated rings. The van der Waals surface area contributed by atoms with E-state index in [4.69, 9.17) is 23.2 Å². The van der Waals surface area contributed by atoms with Gasteiger partial charge in [-0.25, -0.2) is 0 Å². The molecule has 0 aliphatic heterocycles. The normalized spacial score (nSPS) is 13.6. The lowest BCUT2D eigenvalue weighted by molar-refractivity contribution is -0.141. The van der Waals surface area contributed by atoms with E-state index in [0.717, 1.165) is 38.5 Å². The van der Waals surface area contributed by atoms with Crippen molar-refractivity contribution in [2.24, 2.45) is 0 Å². The van der Waals surface area contributed by atoms with E-state index in [0.29, 0.717) is 12.8 Å². The average molecular weight is 327 g/mol. The Morgan fingerprint density at radius 1 is 0.900 bits per heavy atom. The van der Waals surface area contributed by atoms with Crippen molar-refractivity contribution in [3.63, 3.8) is 0 Å². The molecule has 0 heterocycles. The zero-order valence-electron chi connectivity index (χ0n) is 12.2. The molecule has 0 saturated heterocycles. The van der Waals surface area contributed by atoms with Gasteiger partial charge in [-0.2, -0.15) is 0 Å². The second-order valence-corrected chi connectivity index (χ2v) is 5.84. The first-order chi connectivity index (χ1) is 9.51.